The van der Waals surface area contributed by atoms with Crippen molar-refractivity contribution in [2.75, 3.05) is 12.5 Å². The van der Waals surface area contributed by atoms with E-state index in [9.17, 15) is 0 Å². The number of fused-ring (bicyclic) bond motifs is 1. The van der Waals surface area contributed by atoms with Gasteiger partial charge >= 0.3 is 0 Å². The summed E-state index contributed by atoms with van der Waals surface area (Å²) in [5.41, 5.74) is 1.54. The molecule has 0 amide bonds. The van der Waals surface area contributed by atoms with Gasteiger partial charge in [0.2, 0.25) is 0 Å². The van der Waals surface area contributed by atoms with Crippen LogP contribution in [0.2, 0.25) is 0 Å². The van der Waals surface area contributed by atoms with Crippen LogP contribution in [0.1, 0.15) is 38.7 Å². The Morgan fingerprint density at radius 1 is 1.41 bits per heavy atom. The fourth-order valence-corrected chi connectivity index (χ4v) is 2.82. The average Bonchev–Trinajstić information content (AvgIpc) is 2.72. The van der Waals surface area contributed by atoms with E-state index in [1.807, 2.05) is 6.07 Å². The van der Waals surface area contributed by atoms with Gasteiger partial charge in [0, 0.05) is 17.4 Å². The first-order valence-electron chi connectivity index (χ1n) is 6.34. The Kier molecular flexibility index (Phi) is 3.67. The quantitative estimate of drug-likeness (QED) is 0.720. The monoisotopic (exact) mass is 252 g/mol. The normalized spacial score (nSPS) is 22.1. The molecule has 1 heterocycles. The first-order chi connectivity index (χ1) is 8.07. The third-order valence-electron chi connectivity index (χ3n) is 4.21. The molecule has 2 rings (SSSR count). The van der Waals surface area contributed by atoms with Crippen LogP contribution >= 0.6 is 11.6 Å². The van der Waals surface area contributed by atoms with Crippen molar-refractivity contribution in [1.82, 2.24) is 0 Å². The molecule has 0 N–H and O–H groups in total. The molecule has 94 valence electrons. The van der Waals surface area contributed by atoms with Crippen molar-refractivity contribution in [3.63, 3.8) is 0 Å². The largest absolute Gasteiger partial charge is 0.493 e. The van der Waals surface area contributed by atoms with Gasteiger partial charge < -0.3 is 4.74 Å². The minimum atomic E-state index is 0.188. The summed E-state index contributed by atoms with van der Waals surface area (Å²) in [5.74, 6) is 2.85. The summed E-state index contributed by atoms with van der Waals surface area (Å²) in [4.78, 5) is 0. The molecule has 1 aromatic rings. The molecule has 0 bridgehead atoms. The van der Waals surface area contributed by atoms with Gasteiger partial charge in [0.15, 0.2) is 0 Å². The number of para-hydroxylation sites is 1. The first kappa shape index (κ1) is 12.8. The molecule has 2 atom stereocenters. The molecule has 0 aliphatic carbocycles. The van der Waals surface area contributed by atoms with Gasteiger partial charge in [0.05, 0.1) is 6.61 Å². The van der Waals surface area contributed by atoms with Crippen LogP contribution < -0.4 is 4.74 Å². The van der Waals surface area contributed by atoms with Crippen LogP contribution in [0.4, 0.5) is 0 Å². The summed E-state index contributed by atoms with van der Waals surface area (Å²) in [6.45, 7) is 7.60. The first-order valence-corrected chi connectivity index (χ1v) is 6.88. The summed E-state index contributed by atoms with van der Waals surface area (Å²) >= 11 is 6.17. The Hall–Kier alpha value is -0.690. The highest BCUT2D eigenvalue weighted by atomic mass is 35.5. The SMILES string of the molecule is CC(C)C(C)(CCl)CC1COc2ccccc21. The second-order valence-corrected chi connectivity index (χ2v) is 5.96. The Morgan fingerprint density at radius 2 is 2.12 bits per heavy atom. The van der Waals surface area contributed by atoms with E-state index >= 15 is 0 Å². The number of ether oxygens (including phenoxy) is 1. The van der Waals surface area contributed by atoms with Gasteiger partial charge in [-0.25, -0.2) is 0 Å². The lowest BCUT2D eigenvalue weighted by Gasteiger charge is -2.33. The number of alkyl halides is 1. The fourth-order valence-electron chi connectivity index (χ4n) is 2.41. The number of rotatable bonds is 4. The van der Waals surface area contributed by atoms with Gasteiger partial charge in [-0.1, -0.05) is 39.0 Å². The number of benzene rings is 1. The van der Waals surface area contributed by atoms with Crippen molar-refractivity contribution in [1.29, 1.82) is 0 Å². The summed E-state index contributed by atoms with van der Waals surface area (Å²) in [6.07, 6.45) is 1.10. The fraction of sp³-hybridized carbons (Fsp3) is 0.600. The topological polar surface area (TPSA) is 9.23 Å². The zero-order valence-electron chi connectivity index (χ0n) is 10.9. The summed E-state index contributed by atoms with van der Waals surface area (Å²) in [6, 6.07) is 8.36. The van der Waals surface area contributed by atoms with Gasteiger partial charge in [-0.15, -0.1) is 11.6 Å². The maximum Gasteiger partial charge on any atom is 0.122 e. The maximum atomic E-state index is 6.17. The van der Waals surface area contributed by atoms with E-state index in [1.54, 1.807) is 0 Å². The average molecular weight is 253 g/mol. The van der Waals surface area contributed by atoms with E-state index in [1.165, 1.54) is 5.56 Å². The molecule has 0 spiro atoms. The minimum absolute atomic E-state index is 0.188. The second kappa shape index (κ2) is 4.89. The second-order valence-electron chi connectivity index (χ2n) is 5.69. The molecule has 1 nitrogen and oxygen atoms in total. The molecule has 1 aliphatic rings. The predicted octanol–water partition coefficient (Wildman–Crippen LogP) is 4.45. The van der Waals surface area contributed by atoms with Crippen LogP contribution in [0.15, 0.2) is 24.3 Å². The Morgan fingerprint density at radius 3 is 2.76 bits per heavy atom. The molecule has 2 heteroatoms. The summed E-state index contributed by atoms with van der Waals surface area (Å²) < 4.78 is 5.74. The standard InChI is InChI=1S/C15H21ClO/c1-11(2)15(3,10-16)8-12-9-17-14-7-5-4-6-13(12)14/h4-7,11-12H,8-10H2,1-3H3. The van der Waals surface area contributed by atoms with Crippen molar-refractivity contribution < 1.29 is 4.74 Å². The van der Waals surface area contributed by atoms with E-state index in [-0.39, 0.29) is 5.41 Å². The van der Waals surface area contributed by atoms with Crippen LogP contribution in [0.5, 0.6) is 5.75 Å². The van der Waals surface area contributed by atoms with Gasteiger partial charge in [-0.05, 0) is 23.8 Å². The van der Waals surface area contributed by atoms with Crippen molar-refractivity contribution >= 4 is 11.6 Å². The Bertz CT molecular complexity index is 388. The lowest BCUT2D eigenvalue weighted by molar-refractivity contribution is 0.199. The van der Waals surface area contributed by atoms with Crippen molar-refractivity contribution in [3.8, 4) is 5.75 Å². The smallest absolute Gasteiger partial charge is 0.122 e. The van der Waals surface area contributed by atoms with E-state index in [0.717, 1.165) is 18.8 Å². The van der Waals surface area contributed by atoms with Crippen LogP contribution in [0.3, 0.4) is 0 Å². The third kappa shape index (κ3) is 2.44. The lowest BCUT2D eigenvalue weighted by Crippen LogP contribution is -2.28. The Balaban J connectivity index is 2.16. The van der Waals surface area contributed by atoms with Gasteiger partial charge in [-0.2, -0.15) is 0 Å². The Labute approximate surface area is 109 Å². The van der Waals surface area contributed by atoms with E-state index in [2.05, 4.69) is 39.0 Å². The summed E-state index contributed by atoms with van der Waals surface area (Å²) in [7, 11) is 0. The predicted molar refractivity (Wildman–Crippen MR) is 73.0 cm³/mol. The van der Waals surface area contributed by atoms with Crippen LogP contribution in [-0.2, 0) is 0 Å². The zero-order valence-corrected chi connectivity index (χ0v) is 11.6. The molecule has 0 saturated carbocycles. The number of hydrogen-bond acceptors (Lipinski definition) is 1. The number of hydrogen-bond donors (Lipinski definition) is 0. The third-order valence-corrected chi connectivity index (χ3v) is 4.82. The molecule has 1 aromatic carbocycles. The minimum Gasteiger partial charge on any atom is -0.493 e. The molecule has 0 radical (unpaired) electrons. The highest BCUT2D eigenvalue weighted by molar-refractivity contribution is 6.18. The van der Waals surface area contributed by atoms with Crippen LogP contribution in [-0.4, -0.2) is 12.5 Å². The molecule has 0 aromatic heterocycles. The highest BCUT2D eigenvalue weighted by Gasteiger charge is 2.34. The van der Waals surface area contributed by atoms with E-state index in [0.29, 0.717) is 17.7 Å². The molecular weight excluding hydrogens is 232 g/mol. The van der Waals surface area contributed by atoms with Crippen LogP contribution in [0.25, 0.3) is 0 Å². The van der Waals surface area contributed by atoms with Crippen molar-refractivity contribution in [2.24, 2.45) is 11.3 Å². The molecule has 2 unspecified atom stereocenters. The van der Waals surface area contributed by atoms with Gasteiger partial charge in [0.25, 0.3) is 0 Å². The van der Waals surface area contributed by atoms with E-state index in [4.69, 9.17) is 16.3 Å². The van der Waals surface area contributed by atoms with Gasteiger partial charge in [-0.3, -0.25) is 0 Å². The molecular formula is C15H21ClO. The molecule has 17 heavy (non-hydrogen) atoms. The number of halogens is 1. The zero-order chi connectivity index (χ0) is 12.5. The molecule has 1 aliphatic heterocycles. The van der Waals surface area contributed by atoms with Crippen molar-refractivity contribution in [3.05, 3.63) is 29.8 Å². The lowest BCUT2D eigenvalue weighted by atomic mass is 9.73. The van der Waals surface area contributed by atoms with E-state index < -0.39 is 0 Å². The molecule has 0 fully saturated rings. The highest BCUT2D eigenvalue weighted by Crippen LogP contribution is 2.43. The van der Waals surface area contributed by atoms with Crippen molar-refractivity contribution in [2.45, 2.75) is 33.1 Å². The summed E-state index contributed by atoms with van der Waals surface area (Å²) in [5, 5.41) is 0. The van der Waals surface area contributed by atoms with Gasteiger partial charge in [0.1, 0.15) is 5.75 Å². The maximum absolute atomic E-state index is 6.17. The molecule has 0 saturated heterocycles. The van der Waals surface area contributed by atoms with Crippen LogP contribution in [0, 0.1) is 11.3 Å².